The minimum atomic E-state index is 0.805. The number of hydrogen-bond acceptors (Lipinski definition) is 1. The van der Waals surface area contributed by atoms with Gasteiger partial charge in [-0.05, 0) is 22.9 Å². The van der Waals surface area contributed by atoms with Gasteiger partial charge in [0.1, 0.15) is 12.0 Å². The zero-order chi connectivity index (χ0) is 9.80. The number of hydrogen-bond donors (Lipinski definition) is 0. The molecule has 0 atom stereocenters. The van der Waals surface area contributed by atoms with Crippen molar-refractivity contribution in [1.29, 1.82) is 0 Å². The lowest BCUT2D eigenvalue weighted by Crippen LogP contribution is -1.80. The van der Waals surface area contributed by atoms with Crippen LogP contribution >= 0.6 is 0 Å². The monoisotopic (exact) mass is 182 g/mol. The number of fused-ring (bicyclic) bond motifs is 1. The number of rotatable bonds is 2. The van der Waals surface area contributed by atoms with Crippen molar-refractivity contribution in [1.82, 2.24) is 0 Å². The van der Waals surface area contributed by atoms with Crippen LogP contribution in [0.15, 0.2) is 61.0 Å². The molecule has 0 aliphatic heterocycles. The molecule has 0 heterocycles. The summed E-state index contributed by atoms with van der Waals surface area (Å²) in [5, 5.41) is 2.38. The van der Waals surface area contributed by atoms with Crippen molar-refractivity contribution < 1.29 is 4.74 Å². The van der Waals surface area contributed by atoms with Gasteiger partial charge in [-0.3, -0.25) is 0 Å². The van der Waals surface area contributed by atoms with Crippen LogP contribution in [0.2, 0.25) is 0 Å². The smallest absolute Gasteiger partial charge is 0.133 e. The van der Waals surface area contributed by atoms with Crippen LogP contribution in [-0.2, 0) is 0 Å². The van der Waals surface area contributed by atoms with Gasteiger partial charge in [0, 0.05) is 0 Å². The summed E-state index contributed by atoms with van der Waals surface area (Å²) in [5.41, 5.74) is 2.57. The van der Waals surface area contributed by atoms with Gasteiger partial charge in [0.2, 0.25) is 0 Å². The molecule has 2 rings (SSSR count). The van der Waals surface area contributed by atoms with Crippen LogP contribution in [0.3, 0.4) is 0 Å². The topological polar surface area (TPSA) is 9.23 Å². The second-order valence-corrected chi connectivity index (χ2v) is 2.95. The lowest BCUT2D eigenvalue weighted by molar-refractivity contribution is 0.483. The Hall–Kier alpha value is -1.98. The molecule has 68 valence electrons. The summed E-state index contributed by atoms with van der Waals surface area (Å²) in [6, 6.07) is 14.1. The fourth-order valence-corrected chi connectivity index (χ4v) is 1.35. The average Bonchev–Trinajstić information content (AvgIpc) is 2.26. The molecule has 0 aromatic heterocycles. The normalized spacial score (nSPS) is 9.43. The largest absolute Gasteiger partial charge is 0.457 e. The molecule has 0 radical (unpaired) electrons. The first-order valence-electron chi connectivity index (χ1n) is 4.40. The molecule has 14 heavy (non-hydrogen) atoms. The Morgan fingerprint density at radius 3 is 2.64 bits per heavy atom. The minimum Gasteiger partial charge on any atom is -0.457 e. The first-order chi connectivity index (χ1) is 6.90. The first kappa shape index (κ1) is 8.61. The molecule has 0 fully saturated rings. The highest BCUT2D eigenvalue weighted by Gasteiger charge is 1.94. The van der Waals surface area contributed by atoms with Crippen molar-refractivity contribution in [2.75, 3.05) is 0 Å². The zero-order valence-corrected chi connectivity index (χ0v) is 7.73. The molecular formula is C13H10O. The Labute approximate surface area is 82.9 Å². The Morgan fingerprint density at radius 1 is 1.07 bits per heavy atom. The van der Waals surface area contributed by atoms with Gasteiger partial charge in [-0.2, -0.15) is 0 Å². The van der Waals surface area contributed by atoms with Crippen molar-refractivity contribution in [2.24, 2.45) is 0 Å². The summed E-state index contributed by atoms with van der Waals surface area (Å²) in [7, 11) is 0. The van der Waals surface area contributed by atoms with Crippen LogP contribution in [0, 0.1) is 0 Å². The number of ether oxygens (including phenoxy) is 1. The molecule has 0 N–H and O–H groups in total. The predicted molar refractivity (Wildman–Crippen MR) is 58.3 cm³/mol. The van der Waals surface area contributed by atoms with Gasteiger partial charge in [-0.25, -0.2) is 0 Å². The maximum Gasteiger partial charge on any atom is 0.133 e. The van der Waals surface area contributed by atoms with Gasteiger partial charge < -0.3 is 4.74 Å². The summed E-state index contributed by atoms with van der Waals surface area (Å²) in [4.78, 5) is 0. The highest BCUT2D eigenvalue weighted by Crippen LogP contribution is 2.20. The van der Waals surface area contributed by atoms with Crippen LogP contribution in [0.1, 0.15) is 0 Å². The fourth-order valence-electron chi connectivity index (χ4n) is 1.35. The zero-order valence-electron chi connectivity index (χ0n) is 7.73. The van der Waals surface area contributed by atoms with Gasteiger partial charge in [-0.1, -0.05) is 42.6 Å². The molecule has 2 aromatic rings. The van der Waals surface area contributed by atoms with E-state index < -0.39 is 0 Å². The fraction of sp³-hybridized carbons (Fsp3) is 0. The lowest BCUT2D eigenvalue weighted by atomic mass is 10.1. The van der Waals surface area contributed by atoms with Crippen LogP contribution in [0.25, 0.3) is 10.8 Å². The quantitative estimate of drug-likeness (QED) is 0.510. The molecule has 0 unspecified atom stereocenters. The molecular weight excluding hydrogens is 172 g/mol. The summed E-state index contributed by atoms with van der Waals surface area (Å²) < 4.78 is 5.26. The molecule has 1 heteroatoms. The van der Waals surface area contributed by atoms with Crippen LogP contribution in [0.4, 0.5) is 0 Å². The average molecular weight is 182 g/mol. The van der Waals surface area contributed by atoms with E-state index in [1.807, 2.05) is 30.3 Å². The van der Waals surface area contributed by atoms with E-state index in [9.17, 15) is 0 Å². The van der Waals surface area contributed by atoms with Gasteiger partial charge in [-0.15, -0.1) is 0 Å². The van der Waals surface area contributed by atoms with Crippen LogP contribution < -0.4 is 4.74 Å². The Morgan fingerprint density at radius 2 is 1.86 bits per heavy atom. The SMILES string of the molecule is C=C=COc1ccc2ccccc2c1. The van der Waals surface area contributed by atoms with Crippen molar-refractivity contribution >= 4 is 10.8 Å². The van der Waals surface area contributed by atoms with Crippen molar-refractivity contribution in [3.8, 4) is 5.75 Å². The van der Waals surface area contributed by atoms with Gasteiger partial charge in [0.05, 0.1) is 0 Å². The predicted octanol–water partition coefficient (Wildman–Crippen LogP) is 3.52. The molecule has 0 saturated carbocycles. The van der Waals surface area contributed by atoms with E-state index in [-0.39, 0.29) is 0 Å². The van der Waals surface area contributed by atoms with E-state index >= 15 is 0 Å². The molecule has 0 aliphatic carbocycles. The Kier molecular flexibility index (Phi) is 2.35. The third-order valence-electron chi connectivity index (χ3n) is 2.00. The van der Waals surface area contributed by atoms with Crippen LogP contribution in [0.5, 0.6) is 5.75 Å². The Balaban J connectivity index is 2.45. The second kappa shape index (κ2) is 3.82. The lowest BCUT2D eigenvalue weighted by Gasteiger charge is -2.01. The molecule has 0 aliphatic rings. The van der Waals surface area contributed by atoms with E-state index in [1.54, 1.807) is 0 Å². The highest BCUT2D eigenvalue weighted by molar-refractivity contribution is 5.83. The summed E-state index contributed by atoms with van der Waals surface area (Å²) in [6.45, 7) is 3.43. The standard InChI is InChI=1S/C13H10O/c1-2-9-14-13-8-7-11-5-3-4-6-12(11)10-13/h3-10H,1H2. The highest BCUT2D eigenvalue weighted by atomic mass is 16.5. The summed E-state index contributed by atoms with van der Waals surface area (Å²) >= 11 is 0. The molecule has 0 amide bonds. The van der Waals surface area contributed by atoms with E-state index in [0.717, 1.165) is 5.75 Å². The van der Waals surface area contributed by atoms with Gasteiger partial charge >= 0.3 is 0 Å². The van der Waals surface area contributed by atoms with E-state index in [0.29, 0.717) is 0 Å². The van der Waals surface area contributed by atoms with Crippen molar-refractivity contribution in [3.05, 3.63) is 61.0 Å². The maximum atomic E-state index is 5.26. The van der Waals surface area contributed by atoms with E-state index in [2.05, 4.69) is 24.4 Å². The maximum absolute atomic E-state index is 5.26. The first-order valence-corrected chi connectivity index (χ1v) is 4.40. The molecule has 0 bridgehead atoms. The van der Waals surface area contributed by atoms with Crippen molar-refractivity contribution in [3.63, 3.8) is 0 Å². The van der Waals surface area contributed by atoms with E-state index in [1.165, 1.54) is 17.0 Å². The second-order valence-electron chi connectivity index (χ2n) is 2.95. The van der Waals surface area contributed by atoms with E-state index in [4.69, 9.17) is 4.74 Å². The van der Waals surface area contributed by atoms with Crippen LogP contribution in [-0.4, -0.2) is 0 Å². The molecule has 2 aromatic carbocycles. The molecule has 0 saturated heterocycles. The van der Waals surface area contributed by atoms with Gasteiger partial charge in [0.25, 0.3) is 0 Å². The summed E-state index contributed by atoms with van der Waals surface area (Å²) in [6.07, 6.45) is 1.45. The van der Waals surface area contributed by atoms with Crippen molar-refractivity contribution in [2.45, 2.75) is 0 Å². The Bertz CT molecular complexity index is 493. The minimum absolute atomic E-state index is 0.805. The summed E-state index contributed by atoms with van der Waals surface area (Å²) in [5.74, 6) is 0.805. The molecule has 1 nitrogen and oxygen atoms in total. The third-order valence-corrected chi connectivity index (χ3v) is 2.00. The third kappa shape index (κ3) is 1.68. The number of benzene rings is 2. The molecule has 0 spiro atoms. The van der Waals surface area contributed by atoms with Gasteiger partial charge in [0.15, 0.2) is 0 Å².